The van der Waals surface area contributed by atoms with Crippen molar-refractivity contribution in [3.63, 3.8) is 0 Å². The van der Waals surface area contributed by atoms with E-state index in [4.69, 9.17) is 18.0 Å². The summed E-state index contributed by atoms with van der Waals surface area (Å²) in [6.45, 7) is 4.69. The molecule has 194 valence electrons. The molecule has 2 aromatic carbocycles. The molecule has 0 aliphatic carbocycles. The molecule has 8 nitrogen and oxygen atoms in total. The molecule has 0 saturated carbocycles. The Morgan fingerprint density at radius 2 is 1.86 bits per heavy atom. The number of hydrogen-bond acceptors (Lipinski definition) is 4. The number of hydrogen-bond donors (Lipinski definition) is 1. The van der Waals surface area contributed by atoms with Crippen molar-refractivity contribution in [3.8, 4) is 12.3 Å². The van der Waals surface area contributed by atoms with E-state index >= 15 is 0 Å². The lowest BCUT2D eigenvalue weighted by molar-refractivity contribution is -0.192. The predicted molar refractivity (Wildman–Crippen MR) is 142 cm³/mol. The number of piperazine rings is 1. The number of carbonyl (C=O) groups is 3. The van der Waals surface area contributed by atoms with Gasteiger partial charge in [-0.15, -0.1) is 6.42 Å². The van der Waals surface area contributed by atoms with E-state index in [1.165, 1.54) is 5.01 Å². The zero-order valence-electron chi connectivity index (χ0n) is 21.1. The Labute approximate surface area is 223 Å². The first-order chi connectivity index (χ1) is 17.8. The molecule has 2 fully saturated rings. The minimum atomic E-state index is -0.704. The average molecular weight is 522 g/mol. The van der Waals surface area contributed by atoms with Gasteiger partial charge in [0, 0.05) is 18.1 Å². The number of nitrogens with one attached hydrogen (secondary N) is 1. The summed E-state index contributed by atoms with van der Waals surface area (Å²) in [6.07, 6.45) is 5.60. The molecule has 37 heavy (non-hydrogen) atoms. The fourth-order valence-electron chi connectivity index (χ4n) is 4.96. The number of rotatable bonds is 7. The third-order valence-corrected chi connectivity index (χ3v) is 7.40. The Balaban J connectivity index is 1.68. The minimum Gasteiger partial charge on any atom is -0.333 e. The summed E-state index contributed by atoms with van der Waals surface area (Å²) >= 11 is 6.41. The lowest BCUT2D eigenvalue weighted by atomic mass is 9.92. The number of benzene rings is 2. The maximum absolute atomic E-state index is 13.8. The van der Waals surface area contributed by atoms with Crippen LogP contribution in [0.2, 0.25) is 5.02 Å². The SMILES string of the molecule is C#CCN1CC(=O)N2[C@@H](C(C)CC)C(=O)N(Cc3ccccc3Cl)C[C@@H]2N1C(=O)NCc1ccccc1. The molecular formula is C28H32ClN5O3. The lowest BCUT2D eigenvalue weighted by Crippen LogP contribution is -2.77. The summed E-state index contributed by atoms with van der Waals surface area (Å²) < 4.78 is 0. The monoisotopic (exact) mass is 521 g/mol. The molecule has 2 aromatic rings. The average Bonchev–Trinajstić information content (AvgIpc) is 2.90. The second-order valence-corrected chi connectivity index (χ2v) is 9.85. The number of urea groups is 1. The third-order valence-electron chi connectivity index (χ3n) is 7.03. The van der Waals surface area contributed by atoms with Gasteiger partial charge in [0.05, 0.1) is 19.6 Å². The van der Waals surface area contributed by atoms with Crippen molar-refractivity contribution in [1.82, 2.24) is 25.1 Å². The molecule has 1 unspecified atom stereocenters. The van der Waals surface area contributed by atoms with Gasteiger partial charge in [0.1, 0.15) is 12.2 Å². The molecule has 0 bridgehead atoms. The molecule has 1 N–H and O–H groups in total. The van der Waals surface area contributed by atoms with E-state index in [1.807, 2.05) is 62.4 Å². The lowest BCUT2D eigenvalue weighted by Gasteiger charge is -2.55. The molecule has 0 spiro atoms. The van der Waals surface area contributed by atoms with Gasteiger partial charge < -0.3 is 15.1 Å². The molecule has 4 amide bonds. The second kappa shape index (κ2) is 11.7. The first-order valence-corrected chi connectivity index (χ1v) is 12.9. The number of hydrazine groups is 1. The van der Waals surface area contributed by atoms with E-state index in [-0.39, 0.29) is 49.9 Å². The van der Waals surface area contributed by atoms with Crippen LogP contribution in [0.25, 0.3) is 0 Å². The zero-order chi connectivity index (χ0) is 26.5. The first kappa shape index (κ1) is 26.5. The first-order valence-electron chi connectivity index (χ1n) is 12.5. The van der Waals surface area contributed by atoms with Gasteiger partial charge in [0.25, 0.3) is 0 Å². The standard InChI is InChI=1S/C28H32ClN5O3/c1-4-15-32-19-25(35)33-24(34(32)28(37)30-16-21-11-7-6-8-12-21)18-31(27(36)26(33)20(3)5-2)17-22-13-9-10-14-23(22)29/h1,6-14,20,24,26H,5,15-19H2,2-3H3,(H,30,37)/t20?,24-,26-/m0/s1. The van der Waals surface area contributed by atoms with Crippen molar-refractivity contribution in [3.05, 3.63) is 70.7 Å². The van der Waals surface area contributed by atoms with Crippen molar-refractivity contribution in [2.45, 2.75) is 45.6 Å². The highest BCUT2D eigenvalue weighted by Gasteiger charge is 2.52. The summed E-state index contributed by atoms with van der Waals surface area (Å²) in [6, 6.07) is 15.9. The van der Waals surface area contributed by atoms with Gasteiger partial charge in [0.15, 0.2) is 0 Å². The maximum Gasteiger partial charge on any atom is 0.334 e. The van der Waals surface area contributed by atoms with Crippen molar-refractivity contribution < 1.29 is 14.4 Å². The van der Waals surface area contributed by atoms with Crippen LogP contribution in [-0.2, 0) is 22.7 Å². The molecule has 2 saturated heterocycles. The van der Waals surface area contributed by atoms with E-state index in [9.17, 15) is 14.4 Å². The summed E-state index contributed by atoms with van der Waals surface area (Å²) in [4.78, 5) is 44.1. The van der Waals surface area contributed by atoms with Crippen LogP contribution in [0.3, 0.4) is 0 Å². The van der Waals surface area contributed by atoms with Crippen molar-refractivity contribution >= 4 is 29.4 Å². The molecule has 2 heterocycles. The minimum absolute atomic E-state index is 0.0792. The number of carbonyl (C=O) groups excluding carboxylic acids is 3. The fourth-order valence-corrected chi connectivity index (χ4v) is 5.15. The summed E-state index contributed by atoms with van der Waals surface area (Å²) in [5.74, 6) is 2.09. The van der Waals surface area contributed by atoms with Crippen LogP contribution in [-0.4, -0.2) is 69.5 Å². The zero-order valence-corrected chi connectivity index (χ0v) is 21.9. The Hall–Kier alpha value is -3.54. The predicted octanol–water partition coefficient (Wildman–Crippen LogP) is 3.33. The van der Waals surface area contributed by atoms with Crippen LogP contribution in [0, 0.1) is 18.3 Å². The van der Waals surface area contributed by atoms with E-state index in [0.29, 0.717) is 18.0 Å². The number of amides is 4. The number of terminal acetylenes is 1. The van der Waals surface area contributed by atoms with Crippen molar-refractivity contribution in [2.75, 3.05) is 19.6 Å². The fraction of sp³-hybridized carbons (Fsp3) is 0.393. The van der Waals surface area contributed by atoms with Gasteiger partial charge in [-0.25, -0.2) is 9.80 Å². The van der Waals surface area contributed by atoms with Crippen LogP contribution in [0.4, 0.5) is 4.79 Å². The summed E-state index contributed by atoms with van der Waals surface area (Å²) in [7, 11) is 0. The van der Waals surface area contributed by atoms with Gasteiger partial charge in [-0.05, 0) is 23.1 Å². The van der Waals surface area contributed by atoms with Crippen LogP contribution >= 0.6 is 11.6 Å². The van der Waals surface area contributed by atoms with Gasteiger partial charge in [-0.2, -0.15) is 5.01 Å². The van der Waals surface area contributed by atoms with Gasteiger partial charge >= 0.3 is 6.03 Å². The molecule has 9 heteroatoms. The number of halogens is 1. The third kappa shape index (κ3) is 5.58. The second-order valence-electron chi connectivity index (χ2n) is 9.44. The highest BCUT2D eigenvalue weighted by molar-refractivity contribution is 6.31. The summed E-state index contributed by atoms with van der Waals surface area (Å²) in [5.41, 5.74) is 1.75. The Morgan fingerprint density at radius 1 is 1.16 bits per heavy atom. The molecule has 0 radical (unpaired) electrons. The van der Waals surface area contributed by atoms with E-state index in [2.05, 4.69) is 11.2 Å². The normalized spacial score (nSPS) is 20.9. The van der Waals surface area contributed by atoms with Crippen molar-refractivity contribution in [1.29, 1.82) is 0 Å². The summed E-state index contributed by atoms with van der Waals surface area (Å²) in [5, 5.41) is 6.63. The highest BCUT2D eigenvalue weighted by atomic mass is 35.5. The van der Waals surface area contributed by atoms with E-state index < -0.39 is 12.2 Å². The number of fused-ring (bicyclic) bond motifs is 1. The van der Waals surface area contributed by atoms with Gasteiger partial charge in [-0.3, -0.25) is 9.59 Å². The molecule has 2 aliphatic rings. The molecule has 2 aliphatic heterocycles. The van der Waals surface area contributed by atoms with Crippen LogP contribution in [0.15, 0.2) is 54.6 Å². The Morgan fingerprint density at radius 3 is 2.54 bits per heavy atom. The molecule has 0 aromatic heterocycles. The Kier molecular flexibility index (Phi) is 8.37. The van der Waals surface area contributed by atoms with Gasteiger partial charge in [-0.1, -0.05) is 86.3 Å². The molecule has 4 rings (SSSR count). The van der Waals surface area contributed by atoms with Crippen molar-refractivity contribution in [2.24, 2.45) is 5.92 Å². The van der Waals surface area contributed by atoms with Gasteiger partial charge in [0.2, 0.25) is 11.8 Å². The smallest absolute Gasteiger partial charge is 0.333 e. The topological polar surface area (TPSA) is 76.2 Å². The number of nitrogens with zero attached hydrogens (tertiary/aromatic N) is 4. The van der Waals surface area contributed by atoms with E-state index in [1.54, 1.807) is 20.9 Å². The maximum atomic E-state index is 13.8. The van der Waals surface area contributed by atoms with Crippen LogP contribution in [0.1, 0.15) is 31.4 Å². The molecular weight excluding hydrogens is 490 g/mol. The quantitative estimate of drug-likeness (QED) is 0.567. The largest absolute Gasteiger partial charge is 0.334 e. The van der Waals surface area contributed by atoms with E-state index in [0.717, 1.165) is 11.1 Å². The molecule has 3 atom stereocenters. The van der Waals surface area contributed by atoms with Crippen LogP contribution < -0.4 is 5.32 Å². The van der Waals surface area contributed by atoms with Crippen LogP contribution in [0.5, 0.6) is 0 Å². The highest BCUT2D eigenvalue weighted by Crippen LogP contribution is 2.32. The Bertz CT molecular complexity index is 1180.